The smallest absolute Gasteiger partial charge is 0.417 e. The molecule has 7 nitrogen and oxygen atoms in total. The monoisotopic (exact) mass is 501 g/mol. The molecule has 0 spiro atoms. The minimum absolute atomic E-state index is 0.0405. The Morgan fingerprint density at radius 3 is 2.49 bits per heavy atom. The minimum atomic E-state index is -4.46. The van der Waals surface area contributed by atoms with Crippen molar-refractivity contribution in [2.45, 2.75) is 19.1 Å². The van der Waals surface area contributed by atoms with E-state index in [1.165, 1.54) is 0 Å². The summed E-state index contributed by atoms with van der Waals surface area (Å²) in [7, 11) is 0. The number of hydrogen-bond donors (Lipinski definition) is 3. The number of alkyl halides is 3. The zero-order valence-corrected chi connectivity index (χ0v) is 18.8. The number of rotatable bonds is 8. The van der Waals surface area contributed by atoms with Crippen molar-refractivity contribution in [3.63, 3.8) is 0 Å². The fourth-order valence-electron chi connectivity index (χ4n) is 3.34. The lowest BCUT2D eigenvalue weighted by Gasteiger charge is -2.09. The molecule has 0 unspecified atom stereocenters. The quantitative estimate of drug-likeness (QED) is 0.292. The van der Waals surface area contributed by atoms with Crippen LogP contribution in [0.25, 0.3) is 0 Å². The Labute approximate surface area is 203 Å². The average molecular weight is 502 g/mol. The molecule has 0 fully saturated rings. The summed E-state index contributed by atoms with van der Waals surface area (Å²) in [4.78, 5) is 15.8. The number of nitrogens with two attached hydrogens (primary N) is 1. The van der Waals surface area contributed by atoms with Gasteiger partial charge in [0.05, 0.1) is 11.3 Å². The molecule has 2 aromatic carbocycles. The van der Waals surface area contributed by atoms with E-state index >= 15 is 0 Å². The number of halogens is 4. The van der Waals surface area contributed by atoms with Crippen LogP contribution < -0.4 is 15.8 Å². The molecule has 4 N–H and O–H groups in total. The highest BCUT2D eigenvalue weighted by molar-refractivity contribution is 6.30. The molecule has 180 valence electrons. The van der Waals surface area contributed by atoms with Crippen molar-refractivity contribution < 1.29 is 22.7 Å². The molecule has 0 aliphatic rings. The molecule has 35 heavy (non-hydrogen) atoms. The fourth-order valence-corrected chi connectivity index (χ4v) is 3.55. The van der Waals surface area contributed by atoms with Crippen LogP contribution in [-0.2, 0) is 19.1 Å². The molecule has 0 atom stereocenters. The normalized spacial score (nSPS) is 11.3. The number of benzene rings is 2. The molecular formula is C24H19ClF3N5O2. The van der Waals surface area contributed by atoms with Gasteiger partial charge in [-0.25, -0.2) is 4.98 Å². The zero-order valence-electron chi connectivity index (χ0n) is 18.1. The second-order valence-corrected chi connectivity index (χ2v) is 8.02. The summed E-state index contributed by atoms with van der Waals surface area (Å²) in [6.45, 7) is 0.334. The first-order chi connectivity index (χ1) is 16.7. The summed E-state index contributed by atoms with van der Waals surface area (Å²) < 4.78 is 43.4. The topological polar surface area (TPSA) is 106 Å². The predicted molar refractivity (Wildman–Crippen MR) is 124 cm³/mol. The molecule has 0 radical (unpaired) electrons. The summed E-state index contributed by atoms with van der Waals surface area (Å²) in [6.07, 6.45) is -3.34. The summed E-state index contributed by atoms with van der Waals surface area (Å²) in [6, 6.07) is 16.1. The number of anilines is 1. The van der Waals surface area contributed by atoms with Crippen LogP contribution in [0.15, 0.2) is 66.9 Å². The Balaban J connectivity index is 1.40. The number of H-pyrrole nitrogens is 1. The number of carbonyl (C=O) groups is 1. The maximum atomic E-state index is 12.6. The molecule has 4 aromatic rings. The van der Waals surface area contributed by atoms with Crippen LogP contribution in [0.1, 0.15) is 32.7 Å². The van der Waals surface area contributed by atoms with E-state index in [1.54, 1.807) is 36.4 Å². The molecule has 1 amide bonds. The van der Waals surface area contributed by atoms with Gasteiger partial charge in [-0.1, -0.05) is 35.9 Å². The van der Waals surface area contributed by atoms with Crippen molar-refractivity contribution in [1.82, 2.24) is 15.2 Å². The number of pyridine rings is 1. The third kappa shape index (κ3) is 6.10. The van der Waals surface area contributed by atoms with E-state index in [-0.39, 0.29) is 11.4 Å². The van der Waals surface area contributed by atoms with Crippen LogP contribution >= 0.6 is 11.6 Å². The van der Waals surface area contributed by atoms with Gasteiger partial charge in [0, 0.05) is 30.3 Å². The van der Waals surface area contributed by atoms with Gasteiger partial charge in [0.2, 0.25) is 5.88 Å². The second-order valence-electron chi connectivity index (χ2n) is 7.58. The Bertz CT molecular complexity index is 1320. The molecular weight excluding hydrogens is 483 g/mol. The van der Waals surface area contributed by atoms with Crippen molar-refractivity contribution in [3.05, 3.63) is 99.8 Å². The Hall–Kier alpha value is -4.05. The number of nitrogens with zero attached hydrogens (tertiary/aromatic N) is 2. The molecule has 11 heteroatoms. The van der Waals surface area contributed by atoms with Gasteiger partial charge in [-0.2, -0.15) is 18.3 Å². The third-order valence-corrected chi connectivity index (χ3v) is 5.26. The molecule has 0 saturated heterocycles. The number of ether oxygens (including phenoxy) is 1. The number of hydrogen-bond acceptors (Lipinski definition) is 5. The Kier molecular flexibility index (Phi) is 6.92. The van der Waals surface area contributed by atoms with Gasteiger partial charge in [0.25, 0.3) is 5.91 Å². The van der Waals surface area contributed by atoms with Gasteiger partial charge < -0.3 is 15.8 Å². The molecule has 2 heterocycles. The van der Waals surface area contributed by atoms with Crippen LogP contribution in [0.5, 0.6) is 11.6 Å². The molecule has 0 aliphatic carbocycles. The predicted octanol–water partition coefficient (Wildman–Crippen LogP) is 5.57. The molecule has 4 rings (SSSR count). The highest BCUT2D eigenvalue weighted by atomic mass is 35.5. The fraction of sp³-hybridized carbons (Fsp3) is 0.125. The van der Waals surface area contributed by atoms with Crippen LogP contribution in [0.3, 0.4) is 0 Å². The van der Waals surface area contributed by atoms with Crippen molar-refractivity contribution in [3.8, 4) is 11.6 Å². The van der Waals surface area contributed by atoms with E-state index in [1.807, 2.05) is 12.1 Å². The Morgan fingerprint density at radius 1 is 1.09 bits per heavy atom. The summed E-state index contributed by atoms with van der Waals surface area (Å²) in [5, 5.41) is 10.7. The number of carbonyl (C=O) groups excluding carboxylic acids is 1. The lowest BCUT2D eigenvalue weighted by atomic mass is 10.1. The number of amides is 1. The van der Waals surface area contributed by atoms with E-state index in [2.05, 4.69) is 20.5 Å². The van der Waals surface area contributed by atoms with Crippen molar-refractivity contribution in [1.29, 1.82) is 0 Å². The first-order valence-electron chi connectivity index (χ1n) is 10.3. The molecule has 0 bridgehead atoms. The molecule has 0 aliphatic heterocycles. The molecule has 2 aromatic heterocycles. The third-order valence-electron chi connectivity index (χ3n) is 5.03. The zero-order chi connectivity index (χ0) is 25.0. The van der Waals surface area contributed by atoms with Gasteiger partial charge in [0.1, 0.15) is 11.3 Å². The van der Waals surface area contributed by atoms with E-state index in [9.17, 15) is 18.0 Å². The van der Waals surface area contributed by atoms with Crippen LogP contribution in [-0.4, -0.2) is 21.1 Å². The van der Waals surface area contributed by atoms with Crippen LogP contribution in [0.2, 0.25) is 5.02 Å². The van der Waals surface area contributed by atoms with Gasteiger partial charge >= 0.3 is 6.18 Å². The number of primary amides is 1. The lowest BCUT2D eigenvalue weighted by Crippen LogP contribution is -2.15. The van der Waals surface area contributed by atoms with Gasteiger partial charge in [-0.05, 0) is 41.5 Å². The minimum Gasteiger partial charge on any atom is -0.439 e. The van der Waals surface area contributed by atoms with Crippen molar-refractivity contribution in [2.75, 3.05) is 5.32 Å². The largest absolute Gasteiger partial charge is 0.439 e. The lowest BCUT2D eigenvalue weighted by molar-refractivity contribution is -0.137. The first-order valence-corrected chi connectivity index (χ1v) is 10.7. The van der Waals surface area contributed by atoms with Gasteiger partial charge in [0.15, 0.2) is 5.82 Å². The molecule has 0 saturated carbocycles. The summed E-state index contributed by atoms with van der Waals surface area (Å²) >= 11 is 6.03. The van der Waals surface area contributed by atoms with Crippen LogP contribution in [0, 0.1) is 0 Å². The van der Waals surface area contributed by atoms with Crippen molar-refractivity contribution >= 4 is 23.3 Å². The first kappa shape index (κ1) is 24.1. The van der Waals surface area contributed by atoms with Crippen LogP contribution in [0.4, 0.5) is 19.0 Å². The van der Waals surface area contributed by atoms with E-state index < -0.39 is 17.6 Å². The standard InChI is InChI=1S/C24H19ClF3N5O2/c25-17-3-1-2-15(10-17)11-19-21(22(29)34)23(33-32-19)31-12-14-4-7-18(8-5-14)35-20-9-6-16(13-30-20)24(26,27)28/h1-10,13H,11-12H2,(H2,29,34)(H2,31,32,33). The van der Waals surface area contributed by atoms with Gasteiger partial charge in [-0.3, -0.25) is 9.89 Å². The van der Waals surface area contributed by atoms with E-state index in [4.69, 9.17) is 22.1 Å². The maximum Gasteiger partial charge on any atom is 0.417 e. The van der Waals surface area contributed by atoms with E-state index in [0.717, 1.165) is 23.3 Å². The number of nitrogens with one attached hydrogen (secondary N) is 2. The number of aromatic amines is 1. The average Bonchev–Trinajstić information content (AvgIpc) is 3.21. The van der Waals surface area contributed by atoms with Gasteiger partial charge in [-0.15, -0.1) is 0 Å². The Morgan fingerprint density at radius 2 is 1.86 bits per heavy atom. The highest BCUT2D eigenvalue weighted by Gasteiger charge is 2.30. The highest BCUT2D eigenvalue weighted by Crippen LogP contribution is 2.30. The second kappa shape index (κ2) is 10.1. The summed E-state index contributed by atoms with van der Waals surface area (Å²) in [5.74, 6) is 0.149. The maximum absolute atomic E-state index is 12.6. The van der Waals surface area contributed by atoms with E-state index in [0.29, 0.717) is 41.4 Å². The van der Waals surface area contributed by atoms with Crippen molar-refractivity contribution in [2.24, 2.45) is 5.73 Å². The summed E-state index contributed by atoms with van der Waals surface area (Å²) in [5.41, 5.74) is 7.30. The SMILES string of the molecule is NC(=O)c1c(NCc2ccc(Oc3ccc(C(F)(F)F)cn3)cc2)n[nH]c1Cc1cccc(Cl)c1. The number of aromatic nitrogens is 3.